The van der Waals surface area contributed by atoms with Gasteiger partial charge < -0.3 is 5.32 Å². The predicted octanol–water partition coefficient (Wildman–Crippen LogP) is 6.86. The molecule has 2 heterocycles. The van der Waals surface area contributed by atoms with Crippen molar-refractivity contribution < 1.29 is 0 Å². The maximum Gasteiger partial charge on any atom is 0.194 e. The normalized spacial score (nSPS) is 11.5. The lowest BCUT2D eigenvalue weighted by Gasteiger charge is -2.08. The van der Waals surface area contributed by atoms with E-state index in [4.69, 9.17) is 28.2 Å². The number of nitrogens with one attached hydrogen (secondary N) is 1. The largest absolute Gasteiger partial charge is 0.311 e. The Morgan fingerprint density at radius 2 is 1.80 bits per heavy atom. The van der Waals surface area contributed by atoms with Crippen molar-refractivity contribution in [2.24, 2.45) is 0 Å². The number of benzene rings is 3. The molecule has 0 spiro atoms. The van der Waals surface area contributed by atoms with Gasteiger partial charge in [0.15, 0.2) is 4.96 Å². The van der Waals surface area contributed by atoms with Gasteiger partial charge in [0, 0.05) is 23.7 Å². The molecular weight excluding hydrogens is 433 g/mol. The van der Waals surface area contributed by atoms with Crippen LogP contribution in [0.3, 0.4) is 0 Å². The fourth-order valence-electron chi connectivity index (χ4n) is 3.70. The summed E-state index contributed by atoms with van der Waals surface area (Å²) in [5, 5.41) is 9.30. The molecule has 0 radical (unpaired) electrons. The number of halogens is 2. The number of rotatable bonds is 6. The lowest BCUT2D eigenvalue weighted by atomic mass is 10.0. The fourth-order valence-corrected chi connectivity index (χ4v) is 4.76. The summed E-state index contributed by atoms with van der Waals surface area (Å²) in [5.74, 6) is 0. The Labute approximate surface area is 188 Å². The highest BCUT2D eigenvalue weighted by atomic mass is 35.5. The Morgan fingerprint density at radius 3 is 2.67 bits per heavy atom. The van der Waals surface area contributed by atoms with Crippen LogP contribution in [0.2, 0.25) is 10.0 Å². The van der Waals surface area contributed by atoms with Gasteiger partial charge in [-0.1, -0.05) is 65.7 Å². The number of nitrogens with zero attached hydrogens (tertiary/aromatic N) is 2. The summed E-state index contributed by atoms with van der Waals surface area (Å²) in [6, 6.07) is 20.8. The SMILES string of the molecule is Clc1ccc(CCNCc2c(-c3ccc4ccccc4c3)nc3sccn23)cc1Cl. The number of hydrogen-bond acceptors (Lipinski definition) is 3. The van der Waals surface area contributed by atoms with E-state index in [0.29, 0.717) is 10.0 Å². The second-order valence-corrected chi connectivity index (χ2v) is 8.89. The summed E-state index contributed by atoms with van der Waals surface area (Å²) in [6.07, 6.45) is 2.97. The van der Waals surface area contributed by atoms with Gasteiger partial charge in [0.05, 0.1) is 21.4 Å². The lowest BCUT2D eigenvalue weighted by molar-refractivity contribution is 0.673. The van der Waals surface area contributed by atoms with Crippen LogP contribution in [0.15, 0.2) is 72.2 Å². The average molecular weight is 452 g/mol. The number of thiazole rings is 1. The first-order chi connectivity index (χ1) is 14.7. The Morgan fingerprint density at radius 1 is 0.933 bits per heavy atom. The molecule has 2 aromatic heterocycles. The molecule has 3 aromatic carbocycles. The molecule has 0 bridgehead atoms. The Hall–Kier alpha value is -2.37. The van der Waals surface area contributed by atoms with Crippen LogP contribution in [0.4, 0.5) is 0 Å². The number of hydrogen-bond donors (Lipinski definition) is 1. The van der Waals surface area contributed by atoms with Crippen molar-refractivity contribution in [3.63, 3.8) is 0 Å². The van der Waals surface area contributed by atoms with Crippen LogP contribution in [-0.4, -0.2) is 15.9 Å². The van der Waals surface area contributed by atoms with Crippen LogP contribution in [0.5, 0.6) is 0 Å². The zero-order chi connectivity index (χ0) is 20.5. The van der Waals surface area contributed by atoms with Crippen LogP contribution < -0.4 is 5.32 Å². The van der Waals surface area contributed by atoms with E-state index in [0.717, 1.165) is 35.7 Å². The molecule has 30 heavy (non-hydrogen) atoms. The predicted molar refractivity (Wildman–Crippen MR) is 128 cm³/mol. The minimum absolute atomic E-state index is 0.590. The van der Waals surface area contributed by atoms with Crippen molar-refractivity contribution in [1.29, 1.82) is 0 Å². The van der Waals surface area contributed by atoms with E-state index >= 15 is 0 Å². The van der Waals surface area contributed by atoms with Gasteiger partial charge >= 0.3 is 0 Å². The highest BCUT2D eigenvalue weighted by molar-refractivity contribution is 7.15. The van der Waals surface area contributed by atoms with Crippen molar-refractivity contribution in [3.05, 3.63) is 93.5 Å². The summed E-state index contributed by atoms with van der Waals surface area (Å²) in [4.78, 5) is 5.93. The zero-order valence-corrected chi connectivity index (χ0v) is 18.4. The first-order valence-corrected chi connectivity index (χ1v) is 11.4. The monoisotopic (exact) mass is 451 g/mol. The van der Waals surface area contributed by atoms with E-state index in [1.165, 1.54) is 22.0 Å². The molecular formula is C24H19Cl2N3S. The van der Waals surface area contributed by atoms with Crippen molar-refractivity contribution in [2.75, 3.05) is 6.54 Å². The summed E-state index contributed by atoms with van der Waals surface area (Å²) in [6.45, 7) is 1.58. The van der Waals surface area contributed by atoms with Gasteiger partial charge in [-0.3, -0.25) is 4.40 Å². The smallest absolute Gasteiger partial charge is 0.194 e. The van der Waals surface area contributed by atoms with Crippen molar-refractivity contribution in [2.45, 2.75) is 13.0 Å². The maximum absolute atomic E-state index is 6.13. The third-order valence-electron chi connectivity index (χ3n) is 5.25. The van der Waals surface area contributed by atoms with Crippen LogP contribution >= 0.6 is 34.5 Å². The Balaban J connectivity index is 1.38. The summed E-state index contributed by atoms with van der Waals surface area (Å²) >= 11 is 13.8. The molecule has 0 aliphatic carbocycles. The van der Waals surface area contributed by atoms with Gasteiger partial charge in [-0.25, -0.2) is 4.98 Å². The summed E-state index contributed by atoms with van der Waals surface area (Å²) < 4.78 is 2.18. The second-order valence-electron chi connectivity index (χ2n) is 7.20. The molecule has 0 unspecified atom stereocenters. The van der Waals surface area contributed by atoms with Crippen molar-refractivity contribution in [1.82, 2.24) is 14.7 Å². The van der Waals surface area contributed by atoms with Crippen LogP contribution in [0.25, 0.3) is 27.0 Å². The molecule has 150 valence electrons. The topological polar surface area (TPSA) is 29.3 Å². The van der Waals surface area contributed by atoms with Gasteiger partial charge in [0.1, 0.15) is 0 Å². The molecule has 1 N–H and O–H groups in total. The molecule has 0 atom stereocenters. The lowest BCUT2D eigenvalue weighted by Crippen LogP contribution is -2.18. The van der Waals surface area contributed by atoms with Crippen molar-refractivity contribution >= 4 is 50.3 Å². The standard InChI is InChI=1S/C24H19Cl2N3S/c25-20-8-5-16(13-21(20)26)9-10-27-15-22-23(28-24-29(22)11-12-30-24)19-7-6-17-3-1-2-4-18(17)14-19/h1-8,11-14,27H,9-10,15H2. The molecule has 5 aromatic rings. The molecule has 0 saturated carbocycles. The first kappa shape index (κ1) is 19.6. The van der Waals surface area contributed by atoms with Crippen molar-refractivity contribution in [3.8, 4) is 11.3 Å². The Kier molecular flexibility index (Phi) is 5.48. The number of aromatic nitrogens is 2. The highest BCUT2D eigenvalue weighted by Gasteiger charge is 2.15. The second kappa shape index (κ2) is 8.40. The quantitative estimate of drug-likeness (QED) is 0.285. The first-order valence-electron chi connectivity index (χ1n) is 9.77. The van der Waals surface area contributed by atoms with Gasteiger partial charge in [-0.05, 0) is 47.5 Å². The van der Waals surface area contributed by atoms with E-state index in [1.54, 1.807) is 11.3 Å². The van der Waals surface area contributed by atoms with E-state index < -0.39 is 0 Å². The molecule has 0 aliphatic heterocycles. The van der Waals surface area contributed by atoms with E-state index in [2.05, 4.69) is 63.8 Å². The molecule has 3 nitrogen and oxygen atoms in total. The highest BCUT2D eigenvalue weighted by Crippen LogP contribution is 2.29. The molecule has 0 aliphatic rings. The van der Waals surface area contributed by atoms with Gasteiger partial charge in [0.25, 0.3) is 0 Å². The summed E-state index contributed by atoms with van der Waals surface area (Å²) in [5.41, 5.74) is 4.52. The number of imidazole rings is 1. The van der Waals surface area contributed by atoms with Crippen LogP contribution in [0, 0.1) is 0 Å². The van der Waals surface area contributed by atoms with E-state index in [1.807, 2.05) is 18.2 Å². The molecule has 0 amide bonds. The van der Waals surface area contributed by atoms with E-state index in [9.17, 15) is 0 Å². The van der Waals surface area contributed by atoms with Gasteiger partial charge in [-0.2, -0.15) is 0 Å². The summed E-state index contributed by atoms with van der Waals surface area (Å²) in [7, 11) is 0. The van der Waals surface area contributed by atoms with Crippen LogP contribution in [0.1, 0.15) is 11.3 Å². The van der Waals surface area contributed by atoms with Gasteiger partial charge in [-0.15, -0.1) is 11.3 Å². The third kappa shape index (κ3) is 3.84. The van der Waals surface area contributed by atoms with Crippen LogP contribution in [-0.2, 0) is 13.0 Å². The molecule has 5 rings (SSSR count). The van der Waals surface area contributed by atoms with Gasteiger partial charge in [0.2, 0.25) is 0 Å². The number of fused-ring (bicyclic) bond motifs is 2. The molecule has 6 heteroatoms. The minimum Gasteiger partial charge on any atom is -0.311 e. The molecule has 0 saturated heterocycles. The Bertz CT molecular complexity index is 1340. The van der Waals surface area contributed by atoms with E-state index in [-0.39, 0.29) is 0 Å². The third-order valence-corrected chi connectivity index (χ3v) is 6.75. The zero-order valence-electron chi connectivity index (χ0n) is 16.1. The average Bonchev–Trinajstić information content (AvgIpc) is 3.35. The molecule has 0 fully saturated rings. The fraction of sp³-hybridized carbons (Fsp3) is 0.125. The maximum atomic E-state index is 6.13. The minimum atomic E-state index is 0.590.